The second-order valence-electron chi connectivity index (χ2n) is 1.47. The van der Waals surface area contributed by atoms with Crippen molar-refractivity contribution in [3.05, 3.63) is 0 Å². The summed E-state index contributed by atoms with van der Waals surface area (Å²) in [6.45, 7) is 1.14. The molecule has 0 aromatic carbocycles. The number of halogens is 3. The highest BCUT2D eigenvalue weighted by Crippen LogP contribution is 2.20. The fourth-order valence-electron chi connectivity index (χ4n) is 0.154. The van der Waals surface area contributed by atoms with Gasteiger partial charge in [0.05, 0.1) is 0 Å². The van der Waals surface area contributed by atoms with E-state index in [0.717, 1.165) is 6.92 Å². The van der Waals surface area contributed by atoms with Gasteiger partial charge in [-0.15, -0.1) is 0 Å². The predicted octanol–water partition coefficient (Wildman–Crippen LogP) is 1.32. The molecule has 0 bridgehead atoms. The first-order valence-electron chi connectivity index (χ1n) is 2.20. The lowest BCUT2D eigenvalue weighted by molar-refractivity contribution is -0.187. The van der Waals surface area contributed by atoms with E-state index in [-0.39, 0.29) is 0 Å². The molecule has 0 saturated carbocycles. The fourth-order valence-corrected chi connectivity index (χ4v) is 0.154. The van der Waals surface area contributed by atoms with Crippen molar-refractivity contribution in [1.29, 1.82) is 0 Å². The van der Waals surface area contributed by atoms with Gasteiger partial charge in [0.25, 0.3) is 12.3 Å². The Morgan fingerprint density at radius 2 is 2.00 bits per heavy atom. The molecule has 1 unspecified atom stereocenters. The van der Waals surface area contributed by atoms with Gasteiger partial charge in [-0.25, -0.2) is 13.2 Å². The summed E-state index contributed by atoms with van der Waals surface area (Å²) in [6, 6.07) is 0. The zero-order chi connectivity index (χ0) is 6.78. The lowest BCUT2D eigenvalue weighted by atomic mass is 10.2. The average Bonchev–Trinajstić information content (AvgIpc) is 1.67. The maximum absolute atomic E-state index is 11.7. The third-order valence-electron chi connectivity index (χ3n) is 0.830. The van der Waals surface area contributed by atoms with Gasteiger partial charge in [-0.05, 0) is 0 Å². The summed E-state index contributed by atoms with van der Waals surface area (Å²) in [5.74, 6) is -3.29. The summed E-state index contributed by atoms with van der Waals surface area (Å²) in [6.07, 6.45) is -3.88. The summed E-state index contributed by atoms with van der Waals surface area (Å²) >= 11 is 0. The summed E-state index contributed by atoms with van der Waals surface area (Å²) in [7, 11) is 0. The molecule has 0 aromatic rings. The van der Waals surface area contributed by atoms with Crippen molar-refractivity contribution in [2.24, 2.45) is 0 Å². The Hall–Kier alpha value is -0.250. The normalized spacial score (nSPS) is 18.8. The largest absolute Gasteiger partial charge is 0.357 e. The zero-order valence-corrected chi connectivity index (χ0v) is 4.37. The molecule has 1 atom stereocenters. The van der Waals surface area contributed by atoms with Crippen LogP contribution in [0.25, 0.3) is 0 Å². The van der Waals surface area contributed by atoms with Crippen molar-refractivity contribution in [3.8, 4) is 0 Å². The second kappa shape index (κ2) is 2.35. The highest BCUT2D eigenvalue weighted by Gasteiger charge is 2.35. The van der Waals surface area contributed by atoms with Gasteiger partial charge >= 0.3 is 0 Å². The molecule has 50 valence electrons. The maximum Gasteiger partial charge on any atom is 0.296 e. The molecular weight excluding hydrogens is 121 g/mol. The van der Waals surface area contributed by atoms with E-state index in [1.165, 1.54) is 0 Å². The van der Waals surface area contributed by atoms with Gasteiger partial charge in [0, 0.05) is 6.42 Å². The third kappa shape index (κ3) is 1.69. The summed E-state index contributed by atoms with van der Waals surface area (Å²) in [4.78, 5) is 0. The molecule has 1 nitrogen and oxygen atoms in total. The number of hydrogen-bond acceptors (Lipinski definition) is 1. The van der Waals surface area contributed by atoms with Crippen LogP contribution in [0.3, 0.4) is 0 Å². The van der Waals surface area contributed by atoms with Crippen LogP contribution in [0, 0.1) is 0 Å². The van der Waals surface area contributed by atoms with Crippen LogP contribution in [0.5, 0.6) is 0 Å². The van der Waals surface area contributed by atoms with Crippen molar-refractivity contribution in [1.82, 2.24) is 0 Å². The number of hydrogen-bond donors (Lipinski definition) is 1. The topological polar surface area (TPSA) is 20.2 Å². The first-order valence-corrected chi connectivity index (χ1v) is 2.20. The molecule has 0 amide bonds. The van der Waals surface area contributed by atoms with Crippen LogP contribution in [-0.2, 0) is 0 Å². The molecule has 4 heteroatoms. The highest BCUT2D eigenvalue weighted by molar-refractivity contribution is 4.63. The Morgan fingerprint density at radius 3 is 2.00 bits per heavy atom. The Morgan fingerprint density at radius 1 is 1.62 bits per heavy atom. The van der Waals surface area contributed by atoms with Gasteiger partial charge in [0.2, 0.25) is 0 Å². The molecular formula is C4H7F3O. The summed E-state index contributed by atoms with van der Waals surface area (Å²) in [5, 5.41) is 7.98. The summed E-state index contributed by atoms with van der Waals surface area (Å²) < 4.78 is 34.1. The first-order chi connectivity index (χ1) is 3.50. The minimum atomic E-state index is -3.30. The molecule has 0 aliphatic carbocycles. The SMILES string of the molecule is CCC(O)(F)C(F)F. The fraction of sp³-hybridized carbons (Fsp3) is 1.00. The second-order valence-corrected chi connectivity index (χ2v) is 1.47. The highest BCUT2D eigenvalue weighted by atomic mass is 19.3. The van der Waals surface area contributed by atoms with E-state index in [1.54, 1.807) is 0 Å². The van der Waals surface area contributed by atoms with E-state index in [1.807, 2.05) is 0 Å². The smallest absolute Gasteiger partial charge is 0.296 e. The van der Waals surface area contributed by atoms with Crippen molar-refractivity contribution in [2.45, 2.75) is 25.6 Å². The summed E-state index contributed by atoms with van der Waals surface area (Å²) in [5.41, 5.74) is 0. The van der Waals surface area contributed by atoms with Crippen LogP contribution in [0.4, 0.5) is 13.2 Å². The molecule has 0 fully saturated rings. The van der Waals surface area contributed by atoms with E-state index < -0.39 is 18.7 Å². The molecule has 0 aliphatic heterocycles. The van der Waals surface area contributed by atoms with Gasteiger partial charge in [-0.2, -0.15) is 0 Å². The van der Waals surface area contributed by atoms with Crippen LogP contribution in [0.15, 0.2) is 0 Å². The maximum atomic E-state index is 11.7. The monoisotopic (exact) mass is 128 g/mol. The molecule has 1 N–H and O–H groups in total. The Labute approximate surface area is 45.1 Å². The Kier molecular flexibility index (Phi) is 2.27. The van der Waals surface area contributed by atoms with E-state index >= 15 is 0 Å². The number of rotatable bonds is 2. The van der Waals surface area contributed by atoms with E-state index in [4.69, 9.17) is 5.11 Å². The molecule has 0 aliphatic rings. The molecule has 0 aromatic heterocycles. The van der Waals surface area contributed by atoms with Crippen LogP contribution in [0.2, 0.25) is 0 Å². The van der Waals surface area contributed by atoms with Crippen LogP contribution in [-0.4, -0.2) is 17.4 Å². The van der Waals surface area contributed by atoms with Crippen LogP contribution >= 0.6 is 0 Å². The minimum Gasteiger partial charge on any atom is -0.357 e. The molecule has 0 heterocycles. The predicted molar refractivity (Wildman–Crippen MR) is 22.4 cm³/mol. The van der Waals surface area contributed by atoms with Crippen LogP contribution in [0.1, 0.15) is 13.3 Å². The first kappa shape index (κ1) is 7.75. The molecule has 0 spiro atoms. The van der Waals surface area contributed by atoms with Gasteiger partial charge in [0.1, 0.15) is 0 Å². The standard InChI is InChI=1S/C4H7F3O/c1-2-4(7,8)3(5)6/h3,8H,2H2,1H3. The molecule has 0 rings (SSSR count). The zero-order valence-electron chi connectivity index (χ0n) is 4.37. The lowest BCUT2D eigenvalue weighted by Gasteiger charge is -2.13. The van der Waals surface area contributed by atoms with Gasteiger partial charge in [-0.1, -0.05) is 6.92 Å². The van der Waals surface area contributed by atoms with Crippen molar-refractivity contribution < 1.29 is 18.3 Å². The van der Waals surface area contributed by atoms with Gasteiger partial charge in [-0.3, -0.25) is 0 Å². The number of aliphatic hydroxyl groups is 1. The minimum absolute atomic E-state index is 0.579. The van der Waals surface area contributed by atoms with E-state index in [9.17, 15) is 13.2 Å². The number of alkyl halides is 3. The Balaban J connectivity index is 3.71. The van der Waals surface area contributed by atoms with E-state index in [0.29, 0.717) is 0 Å². The third-order valence-corrected chi connectivity index (χ3v) is 0.830. The van der Waals surface area contributed by atoms with Crippen molar-refractivity contribution in [2.75, 3.05) is 0 Å². The van der Waals surface area contributed by atoms with Crippen LogP contribution < -0.4 is 0 Å². The van der Waals surface area contributed by atoms with Gasteiger partial charge in [0.15, 0.2) is 0 Å². The van der Waals surface area contributed by atoms with Crippen molar-refractivity contribution >= 4 is 0 Å². The lowest BCUT2D eigenvalue weighted by Crippen LogP contribution is -2.30. The molecule has 0 radical (unpaired) electrons. The quantitative estimate of drug-likeness (QED) is 0.594. The molecule has 8 heavy (non-hydrogen) atoms. The molecule has 0 saturated heterocycles. The average molecular weight is 128 g/mol. The Bertz CT molecular complexity index is 71.7. The van der Waals surface area contributed by atoms with Crippen molar-refractivity contribution in [3.63, 3.8) is 0 Å². The van der Waals surface area contributed by atoms with E-state index in [2.05, 4.69) is 0 Å². The van der Waals surface area contributed by atoms with Gasteiger partial charge < -0.3 is 5.11 Å².